The normalized spacial score (nSPS) is 18.2. The fourth-order valence-corrected chi connectivity index (χ4v) is 4.89. The largest absolute Gasteiger partial charge is 0.497 e. The Morgan fingerprint density at radius 3 is 2.31 bits per heavy atom. The van der Waals surface area contributed by atoms with E-state index in [-0.39, 0.29) is 11.8 Å². The van der Waals surface area contributed by atoms with Crippen LogP contribution in [0.5, 0.6) is 5.75 Å². The van der Waals surface area contributed by atoms with Crippen LogP contribution in [0.2, 0.25) is 0 Å². The first-order valence-electron chi connectivity index (χ1n) is 12.0. The molecule has 0 aromatic heterocycles. The zero-order chi connectivity index (χ0) is 25.9. The minimum absolute atomic E-state index is 0.0694. The molecule has 1 amide bonds. The van der Waals surface area contributed by atoms with Crippen molar-refractivity contribution < 1.29 is 22.7 Å². The van der Waals surface area contributed by atoms with Gasteiger partial charge in [0.25, 0.3) is 0 Å². The molecule has 4 rings (SSSR count). The van der Waals surface area contributed by atoms with Crippen molar-refractivity contribution in [2.45, 2.75) is 24.9 Å². The highest BCUT2D eigenvalue weighted by atomic mass is 19.4. The van der Waals surface area contributed by atoms with Crippen LogP contribution in [0.1, 0.15) is 28.2 Å². The number of carbonyl (C=O) groups is 1. The Morgan fingerprint density at radius 2 is 1.69 bits per heavy atom. The maximum Gasteiger partial charge on any atom is 0.416 e. The third-order valence-corrected chi connectivity index (χ3v) is 6.82. The number of likely N-dealkylation sites (N-methyl/N-ethyl adjacent to an activating group) is 1. The molecule has 0 unspecified atom stereocenters. The van der Waals surface area contributed by atoms with Crippen LogP contribution >= 0.6 is 0 Å². The number of rotatable bonds is 7. The van der Waals surface area contributed by atoms with Gasteiger partial charge in [0.05, 0.1) is 12.7 Å². The lowest BCUT2D eigenvalue weighted by molar-refractivity contribution is -0.137. The first-order valence-corrected chi connectivity index (χ1v) is 12.0. The molecule has 0 bridgehead atoms. The highest BCUT2D eigenvalue weighted by Crippen LogP contribution is 2.42. The fourth-order valence-electron chi connectivity index (χ4n) is 4.89. The molecule has 0 saturated carbocycles. The standard InChI is InChI=1S/C29H31F3N2O2/c1-33(2)15-16-34-27-14-11-23(29(30,31)32)18-22(27)19-25(21-9-12-24(36-3)13-10-21)26(28(34)35)17-20-7-5-4-6-8-20/h4-14,18,25-26H,15-17,19H2,1-3H3/t25-,26+/m0/s1. The van der Waals surface area contributed by atoms with Crippen molar-refractivity contribution >= 4 is 11.6 Å². The van der Waals surface area contributed by atoms with E-state index < -0.39 is 17.7 Å². The number of anilines is 1. The number of nitrogens with zero attached hydrogens (tertiary/aromatic N) is 2. The lowest BCUT2D eigenvalue weighted by atomic mass is 9.78. The average molecular weight is 497 g/mol. The zero-order valence-electron chi connectivity index (χ0n) is 20.8. The molecule has 1 aliphatic heterocycles. The van der Waals surface area contributed by atoms with E-state index in [0.29, 0.717) is 42.9 Å². The summed E-state index contributed by atoms with van der Waals surface area (Å²) in [6.45, 7) is 0.988. The van der Waals surface area contributed by atoms with Crippen LogP contribution in [-0.2, 0) is 23.8 Å². The quantitative estimate of drug-likeness (QED) is 0.414. The van der Waals surface area contributed by atoms with Crippen molar-refractivity contribution in [2.75, 3.05) is 39.2 Å². The van der Waals surface area contributed by atoms with Gasteiger partial charge in [-0.3, -0.25) is 4.79 Å². The number of hydrogen-bond acceptors (Lipinski definition) is 3. The van der Waals surface area contributed by atoms with Gasteiger partial charge < -0.3 is 14.5 Å². The number of amides is 1. The summed E-state index contributed by atoms with van der Waals surface area (Å²) in [5.41, 5.74) is 2.32. The predicted octanol–water partition coefficient (Wildman–Crippen LogP) is 5.81. The Kier molecular flexibility index (Phi) is 7.69. The van der Waals surface area contributed by atoms with Crippen molar-refractivity contribution in [3.63, 3.8) is 0 Å². The zero-order valence-corrected chi connectivity index (χ0v) is 20.8. The third kappa shape index (κ3) is 5.73. The number of fused-ring (bicyclic) bond motifs is 1. The molecule has 36 heavy (non-hydrogen) atoms. The fraction of sp³-hybridized carbons (Fsp3) is 0.345. The van der Waals surface area contributed by atoms with Crippen LogP contribution in [0.15, 0.2) is 72.8 Å². The van der Waals surface area contributed by atoms with E-state index in [2.05, 4.69) is 0 Å². The molecule has 0 saturated heterocycles. The van der Waals surface area contributed by atoms with Gasteiger partial charge in [0.2, 0.25) is 5.91 Å². The van der Waals surface area contributed by atoms with Gasteiger partial charge in [0.1, 0.15) is 5.75 Å². The number of methoxy groups -OCH3 is 1. The SMILES string of the molecule is COc1ccc([C@@H]2Cc3cc(C(F)(F)F)ccc3N(CCN(C)C)C(=O)[C@@H]2Cc2ccccc2)cc1. The first kappa shape index (κ1) is 25.8. The Bertz CT molecular complexity index is 1180. The number of carbonyl (C=O) groups excluding carboxylic acids is 1. The van der Waals surface area contributed by atoms with E-state index in [1.54, 1.807) is 12.0 Å². The Hall–Kier alpha value is -3.32. The Balaban J connectivity index is 1.84. The molecule has 2 atom stereocenters. The number of benzene rings is 3. The van der Waals surface area contributed by atoms with Crippen LogP contribution in [0.4, 0.5) is 18.9 Å². The van der Waals surface area contributed by atoms with Crippen molar-refractivity contribution in [3.05, 3.63) is 95.1 Å². The van der Waals surface area contributed by atoms with Gasteiger partial charge in [0.15, 0.2) is 0 Å². The maximum atomic E-state index is 14.2. The van der Waals surface area contributed by atoms with Crippen LogP contribution in [-0.4, -0.2) is 45.1 Å². The summed E-state index contributed by atoms with van der Waals surface area (Å²) >= 11 is 0. The lowest BCUT2D eigenvalue weighted by Crippen LogP contribution is -2.41. The first-order chi connectivity index (χ1) is 17.2. The predicted molar refractivity (Wildman–Crippen MR) is 135 cm³/mol. The monoisotopic (exact) mass is 496 g/mol. The summed E-state index contributed by atoms with van der Waals surface area (Å²) in [7, 11) is 5.41. The minimum Gasteiger partial charge on any atom is -0.497 e. The van der Waals surface area contributed by atoms with Gasteiger partial charge in [-0.05, 0) is 79.9 Å². The molecule has 0 aliphatic carbocycles. The molecule has 190 valence electrons. The molecule has 0 fully saturated rings. The summed E-state index contributed by atoms with van der Waals surface area (Å²) in [6.07, 6.45) is -3.64. The van der Waals surface area contributed by atoms with E-state index in [0.717, 1.165) is 17.2 Å². The molecule has 1 aliphatic rings. The molecule has 0 spiro atoms. The third-order valence-electron chi connectivity index (χ3n) is 6.82. The summed E-state index contributed by atoms with van der Waals surface area (Å²) < 4.78 is 46.3. The molecular weight excluding hydrogens is 465 g/mol. The Labute approximate surface area is 210 Å². The van der Waals surface area contributed by atoms with Crippen LogP contribution in [0.25, 0.3) is 0 Å². The summed E-state index contributed by atoms with van der Waals surface area (Å²) in [5, 5.41) is 0. The van der Waals surface area contributed by atoms with Crippen molar-refractivity contribution in [1.29, 1.82) is 0 Å². The van der Waals surface area contributed by atoms with Gasteiger partial charge in [0, 0.05) is 24.7 Å². The highest BCUT2D eigenvalue weighted by Gasteiger charge is 2.39. The molecule has 4 nitrogen and oxygen atoms in total. The summed E-state index contributed by atoms with van der Waals surface area (Å²) in [4.78, 5) is 17.8. The summed E-state index contributed by atoms with van der Waals surface area (Å²) in [5.74, 6) is -0.120. The van der Waals surface area contributed by atoms with Crippen LogP contribution < -0.4 is 9.64 Å². The van der Waals surface area contributed by atoms with Crippen LogP contribution in [0, 0.1) is 5.92 Å². The molecule has 3 aromatic carbocycles. The number of alkyl halides is 3. The van der Waals surface area contributed by atoms with Gasteiger partial charge in [-0.15, -0.1) is 0 Å². The lowest BCUT2D eigenvalue weighted by Gasteiger charge is -2.30. The van der Waals surface area contributed by atoms with Crippen LogP contribution in [0.3, 0.4) is 0 Å². The van der Waals surface area contributed by atoms with Gasteiger partial charge in [-0.1, -0.05) is 42.5 Å². The van der Waals surface area contributed by atoms with E-state index in [9.17, 15) is 18.0 Å². The smallest absolute Gasteiger partial charge is 0.416 e. The molecule has 0 radical (unpaired) electrons. The van der Waals surface area contributed by atoms with E-state index in [1.807, 2.05) is 73.6 Å². The van der Waals surface area contributed by atoms with Crippen molar-refractivity contribution in [2.24, 2.45) is 5.92 Å². The highest BCUT2D eigenvalue weighted by molar-refractivity contribution is 5.97. The molecular formula is C29H31F3N2O2. The van der Waals surface area contributed by atoms with Crippen molar-refractivity contribution in [3.8, 4) is 5.75 Å². The molecule has 0 N–H and O–H groups in total. The second kappa shape index (κ2) is 10.7. The average Bonchev–Trinajstić information content (AvgIpc) is 2.97. The number of halogens is 3. The van der Waals surface area contributed by atoms with Gasteiger partial charge in [-0.2, -0.15) is 13.2 Å². The minimum atomic E-state index is -4.46. The van der Waals surface area contributed by atoms with Gasteiger partial charge in [-0.25, -0.2) is 0 Å². The van der Waals surface area contributed by atoms with E-state index >= 15 is 0 Å². The van der Waals surface area contributed by atoms with E-state index in [4.69, 9.17) is 4.74 Å². The molecule has 7 heteroatoms. The molecule has 3 aromatic rings. The maximum absolute atomic E-state index is 14.2. The van der Waals surface area contributed by atoms with E-state index in [1.165, 1.54) is 12.1 Å². The van der Waals surface area contributed by atoms with Gasteiger partial charge >= 0.3 is 6.18 Å². The number of hydrogen-bond donors (Lipinski definition) is 0. The second-order valence-corrected chi connectivity index (χ2v) is 9.51. The molecule has 1 heterocycles. The number of ether oxygens (including phenoxy) is 1. The topological polar surface area (TPSA) is 32.8 Å². The summed E-state index contributed by atoms with van der Waals surface area (Å²) in [6, 6.07) is 21.0. The second-order valence-electron chi connectivity index (χ2n) is 9.51. The van der Waals surface area contributed by atoms with Crippen molar-refractivity contribution in [1.82, 2.24) is 4.90 Å². The Morgan fingerprint density at radius 1 is 1.00 bits per heavy atom.